The molecule has 0 aromatic heterocycles. The van der Waals surface area contributed by atoms with Gasteiger partial charge in [-0.05, 0) is 30.5 Å². The third-order valence-electron chi connectivity index (χ3n) is 4.82. The fraction of sp³-hybridized carbons (Fsp3) is 0.476. The number of guanidine groups is 1. The molecule has 0 radical (unpaired) electrons. The van der Waals surface area contributed by atoms with Gasteiger partial charge in [-0.2, -0.15) is 0 Å². The number of hydrogen-bond acceptors (Lipinski definition) is 9. The summed E-state index contributed by atoms with van der Waals surface area (Å²) >= 11 is 0. The predicted octanol–water partition coefficient (Wildman–Crippen LogP) is -0.448. The molecule has 0 heterocycles. The minimum absolute atomic E-state index is 0.0162. The number of methoxy groups -OCH3 is 1. The number of rotatable bonds is 15. The lowest BCUT2D eigenvalue weighted by Gasteiger charge is -2.29. The first kappa shape index (κ1) is 29.5. The number of sulfone groups is 1. The zero-order valence-corrected chi connectivity index (χ0v) is 20.4. The minimum atomic E-state index is -3.40. The van der Waals surface area contributed by atoms with Gasteiger partial charge in [0.25, 0.3) is 0 Å². The maximum absolute atomic E-state index is 12.9. The summed E-state index contributed by atoms with van der Waals surface area (Å²) in [5.41, 5.74) is 8.51. The fourth-order valence-corrected chi connectivity index (χ4v) is 3.60. The van der Waals surface area contributed by atoms with Crippen LogP contribution in [0.1, 0.15) is 37.7 Å². The number of nitrogens with zero attached hydrogens (tertiary/aromatic N) is 1. The standard InChI is InChI=1S/C21H31N5O8S/c1-34-19(29)10-7-15(27)12-18(28)26(17(20(30)31)4-3-11-24-21(22)23)25-13-14-5-8-16(9-6-14)35(2,32)33/h5-6,8-9,17,25H,3-4,7,10-13H2,1-2H3,(H,30,31)(H4,22,23,24)/t17-/m0/s1. The molecule has 6 N–H and O–H groups in total. The van der Waals surface area contributed by atoms with Gasteiger partial charge in [0.05, 0.1) is 24.8 Å². The van der Waals surface area contributed by atoms with Gasteiger partial charge in [-0.3, -0.25) is 24.8 Å². The van der Waals surface area contributed by atoms with Gasteiger partial charge in [0, 0.05) is 25.8 Å². The van der Waals surface area contributed by atoms with Crippen molar-refractivity contribution in [3.05, 3.63) is 29.8 Å². The second-order valence-electron chi connectivity index (χ2n) is 7.64. The van der Waals surface area contributed by atoms with Crippen LogP contribution < -0.4 is 16.5 Å². The van der Waals surface area contributed by atoms with Gasteiger partial charge in [0.1, 0.15) is 11.8 Å². The molecule has 0 aliphatic heterocycles. The maximum atomic E-state index is 12.9. The van der Waals surface area contributed by atoms with Gasteiger partial charge < -0.3 is 20.9 Å². The Morgan fingerprint density at radius 3 is 2.31 bits per heavy atom. The zero-order chi connectivity index (χ0) is 26.6. The van der Waals surface area contributed by atoms with Crippen LogP contribution in [0, 0.1) is 5.41 Å². The number of hydrogen-bond donors (Lipinski definition) is 5. The van der Waals surface area contributed by atoms with Crippen LogP contribution in [0.2, 0.25) is 0 Å². The topological polar surface area (TPSA) is 209 Å². The first-order valence-corrected chi connectivity index (χ1v) is 12.5. The Kier molecular flexibility index (Phi) is 11.8. The quantitative estimate of drug-likeness (QED) is 0.0506. The van der Waals surface area contributed by atoms with Crippen molar-refractivity contribution < 1.29 is 37.4 Å². The number of ketones is 1. The molecule has 0 saturated carbocycles. The largest absolute Gasteiger partial charge is 0.480 e. The highest BCUT2D eigenvalue weighted by Gasteiger charge is 2.30. The second kappa shape index (κ2) is 14.0. The van der Waals surface area contributed by atoms with E-state index < -0.39 is 45.9 Å². The number of hydrazine groups is 1. The molecule has 0 aliphatic rings. The lowest BCUT2D eigenvalue weighted by atomic mass is 10.1. The third kappa shape index (κ3) is 11.0. The number of carboxylic acid groups (broad SMARTS) is 1. The van der Waals surface area contributed by atoms with E-state index in [-0.39, 0.29) is 49.6 Å². The molecule has 0 spiro atoms. The van der Waals surface area contributed by atoms with Crippen LogP contribution in [-0.2, 0) is 40.3 Å². The van der Waals surface area contributed by atoms with Crippen molar-refractivity contribution in [1.82, 2.24) is 15.8 Å². The number of nitrogens with two attached hydrogens (primary N) is 1. The first-order chi connectivity index (χ1) is 16.3. The van der Waals surface area contributed by atoms with E-state index >= 15 is 0 Å². The Morgan fingerprint density at radius 2 is 1.80 bits per heavy atom. The van der Waals surface area contributed by atoms with Crippen molar-refractivity contribution in [1.29, 1.82) is 5.41 Å². The Bertz CT molecular complexity index is 1030. The van der Waals surface area contributed by atoms with E-state index in [0.29, 0.717) is 5.56 Å². The molecule has 13 nitrogen and oxygen atoms in total. The molecule has 0 saturated heterocycles. The summed E-state index contributed by atoms with van der Waals surface area (Å²) in [6.07, 6.45) is 0.225. The van der Waals surface area contributed by atoms with Crippen LogP contribution in [-0.4, -0.2) is 74.1 Å². The van der Waals surface area contributed by atoms with Crippen LogP contribution in [0.5, 0.6) is 0 Å². The summed E-state index contributed by atoms with van der Waals surface area (Å²) in [6.45, 7) is 0.174. The van der Waals surface area contributed by atoms with E-state index in [1.807, 2.05) is 0 Å². The highest BCUT2D eigenvalue weighted by atomic mass is 32.2. The van der Waals surface area contributed by atoms with Gasteiger partial charge in [-0.1, -0.05) is 12.1 Å². The molecule has 0 unspecified atom stereocenters. The molecule has 0 bridgehead atoms. The number of ether oxygens (including phenoxy) is 1. The molecule has 194 valence electrons. The van der Waals surface area contributed by atoms with E-state index in [1.54, 1.807) is 0 Å². The van der Waals surface area contributed by atoms with Gasteiger partial charge in [0.2, 0.25) is 5.91 Å². The van der Waals surface area contributed by atoms with Crippen molar-refractivity contribution in [3.63, 3.8) is 0 Å². The van der Waals surface area contributed by atoms with Crippen molar-refractivity contribution in [2.75, 3.05) is 19.9 Å². The molecule has 1 aromatic carbocycles. The van der Waals surface area contributed by atoms with Crippen LogP contribution in [0.3, 0.4) is 0 Å². The van der Waals surface area contributed by atoms with Crippen LogP contribution in [0.4, 0.5) is 0 Å². The molecule has 14 heteroatoms. The molecule has 1 aromatic rings. The lowest BCUT2D eigenvalue weighted by molar-refractivity contribution is -0.155. The van der Waals surface area contributed by atoms with Gasteiger partial charge >= 0.3 is 11.9 Å². The molecule has 1 amide bonds. The Morgan fingerprint density at radius 1 is 1.17 bits per heavy atom. The zero-order valence-electron chi connectivity index (χ0n) is 19.6. The smallest absolute Gasteiger partial charge is 0.328 e. The maximum Gasteiger partial charge on any atom is 0.328 e. The number of esters is 1. The number of nitrogens with one attached hydrogen (secondary N) is 3. The van der Waals surface area contributed by atoms with E-state index in [4.69, 9.17) is 11.1 Å². The van der Waals surface area contributed by atoms with Crippen LogP contribution in [0.25, 0.3) is 0 Å². The van der Waals surface area contributed by atoms with Crippen molar-refractivity contribution in [2.24, 2.45) is 5.73 Å². The van der Waals surface area contributed by atoms with Crippen LogP contribution >= 0.6 is 0 Å². The number of carboxylic acids is 1. The summed E-state index contributed by atoms with van der Waals surface area (Å²) in [5.74, 6) is -3.58. The Labute approximate surface area is 203 Å². The Balaban J connectivity index is 2.99. The predicted molar refractivity (Wildman–Crippen MR) is 125 cm³/mol. The molecule has 1 atom stereocenters. The number of aliphatic carboxylic acids is 1. The summed E-state index contributed by atoms with van der Waals surface area (Å²) < 4.78 is 27.7. The Hall–Kier alpha value is -3.52. The van der Waals surface area contributed by atoms with Gasteiger partial charge in [0.15, 0.2) is 15.8 Å². The summed E-state index contributed by atoms with van der Waals surface area (Å²) in [7, 11) is -2.23. The number of amides is 1. The summed E-state index contributed by atoms with van der Waals surface area (Å²) in [5, 5.41) is 20.3. The normalized spacial score (nSPS) is 11.8. The number of benzene rings is 1. The monoisotopic (exact) mass is 513 g/mol. The molecule has 1 rings (SSSR count). The molecule has 0 fully saturated rings. The molecule has 35 heavy (non-hydrogen) atoms. The second-order valence-corrected chi connectivity index (χ2v) is 9.66. The average Bonchev–Trinajstić information content (AvgIpc) is 2.78. The molecular formula is C21H31N5O8S. The van der Waals surface area contributed by atoms with E-state index in [1.165, 1.54) is 31.4 Å². The molecule has 0 aliphatic carbocycles. The fourth-order valence-electron chi connectivity index (χ4n) is 2.97. The number of Topliss-reactive ketones (excluding diaryl/α,β-unsaturated/α-hetero) is 1. The lowest BCUT2D eigenvalue weighted by Crippen LogP contribution is -2.53. The summed E-state index contributed by atoms with van der Waals surface area (Å²) in [6, 6.07) is 4.45. The van der Waals surface area contributed by atoms with Gasteiger partial charge in [-0.25, -0.2) is 18.6 Å². The number of carbonyl (C=O) groups excluding carboxylic acids is 3. The van der Waals surface area contributed by atoms with Gasteiger partial charge in [-0.15, -0.1) is 0 Å². The summed E-state index contributed by atoms with van der Waals surface area (Å²) in [4.78, 5) is 48.3. The van der Waals surface area contributed by atoms with Crippen molar-refractivity contribution in [2.45, 2.75) is 49.6 Å². The van der Waals surface area contributed by atoms with E-state index in [0.717, 1.165) is 11.3 Å². The SMILES string of the molecule is COC(=O)CCC(=O)CC(=O)N(NCc1ccc(S(C)(=O)=O)cc1)[C@@H](CCCNC(=N)N)C(=O)O. The average molecular weight is 514 g/mol. The minimum Gasteiger partial charge on any atom is -0.480 e. The highest BCUT2D eigenvalue weighted by Crippen LogP contribution is 2.13. The third-order valence-corrected chi connectivity index (χ3v) is 5.95. The van der Waals surface area contributed by atoms with E-state index in [9.17, 15) is 32.7 Å². The van der Waals surface area contributed by atoms with Crippen molar-refractivity contribution in [3.8, 4) is 0 Å². The molecular weight excluding hydrogens is 482 g/mol. The first-order valence-electron chi connectivity index (χ1n) is 10.6. The highest BCUT2D eigenvalue weighted by molar-refractivity contribution is 7.90. The van der Waals surface area contributed by atoms with Crippen molar-refractivity contribution >= 4 is 39.4 Å². The number of carbonyl (C=O) groups is 4. The van der Waals surface area contributed by atoms with Crippen LogP contribution in [0.15, 0.2) is 29.2 Å². The van der Waals surface area contributed by atoms with E-state index in [2.05, 4.69) is 15.5 Å².